The van der Waals surface area contributed by atoms with Crippen LogP contribution in [0.1, 0.15) is 36.8 Å². The fourth-order valence-electron chi connectivity index (χ4n) is 2.72. The highest BCUT2D eigenvalue weighted by molar-refractivity contribution is 5.90. The van der Waals surface area contributed by atoms with Gasteiger partial charge in [0.15, 0.2) is 0 Å². The summed E-state index contributed by atoms with van der Waals surface area (Å²) in [4.78, 5) is 22.9. The molecule has 0 unspecified atom stereocenters. The molecule has 21 heavy (non-hydrogen) atoms. The number of hydrogen-bond acceptors (Lipinski definition) is 2. The molecule has 0 aromatic heterocycles. The summed E-state index contributed by atoms with van der Waals surface area (Å²) >= 11 is 0. The van der Waals surface area contributed by atoms with Gasteiger partial charge in [-0.15, -0.1) is 0 Å². The number of hydrogen-bond donors (Lipinski definition) is 3. The van der Waals surface area contributed by atoms with Crippen LogP contribution in [0.3, 0.4) is 0 Å². The van der Waals surface area contributed by atoms with E-state index >= 15 is 0 Å². The molecule has 5 heteroatoms. The zero-order valence-electron chi connectivity index (χ0n) is 12.5. The molecule has 0 aliphatic heterocycles. The molecular formula is C16H22N2O3. The van der Waals surface area contributed by atoms with Gasteiger partial charge in [-0.1, -0.05) is 18.6 Å². The highest BCUT2D eigenvalue weighted by atomic mass is 16.4. The van der Waals surface area contributed by atoms with Crippen LogP contribution in [-0.4, -0.2) is 23.7 Å². The molecule has 1 aliphatic carbocycles. The van der Waals surface area contributed by atoms with Crippen LogP contribution in [0.5, 0.6) is 0 Å². The molecule has 1 saturated carbocycles. The van der Waals surface area contributed by atoms with Crippen molar-refractivity contribution in [2.75, 3.05) is 11.9 Å². The lowest BCUT2D eigenvalue weighted by Crippen LogP contribution is -2.44. The van der Waals surface area contributed by atoms with Gasteiger partial charge in [0, 0.05) is 12.2 Å². The van der Waals surface area contributed by atoms with Gasteiger partial charge in [0.1, 0.15) is 0 Å². The van der Waals surface area contributed by atoms with Gasteiger partial charge in [-0.05, 0) is 49.3 Å². The van der Waals surface area contributed by atoms with Crippen LogP contribution in [0.15, 0.2) is 18.2 Å². The average Bonchev–Trinajstić information content (AvgIpc) is 2.36. The summed E-state index contributed by atoms with van der Waals surface area (Å²) in [5.74, 6) is -0.800. The smallest absolute Gasteiger partial charge is 0.319 e. The summed E-state index contributed by atoms with van der Waals surface area (Å²) < 4.78 is 0. The molecule has 0 radical (unpaired) electrons. The van der Waals surface area contributed by atoms with Crippen molar-refractivity contribution in [1.82, 2.24) is 5.32 Å². The molecule has 0 heterocycles. The van der Waals surface area contributed by atoms with Crippen molar-refractivity contribution in [3.05, 3.63) is 29.3 Å². The molecule has 3 N–H and O–H groups in total. The third-order valence-corrected chi connectivity index (χ3v) is 4.21. The third-order valence-electron chi connectivity index (χ3n) is 4.21. The third kappa shape index (κ3) is 3.97. The summed E-state index contributed by atoms with van der Waals surface area (Å²) in [6.45, 7) is 4.32. The Morgan fingerprint density at radius 2 is 2.00 bits per heavy atom. The van der Waals surface area contributed by atoms with Crippen LogP contribution in [0.2, 0.25) is 0 Å². The number of aryl methyl sites for hydroxylation is 2. The predicted molar refractivity (Wildman–Crippen MR) is 81.5 cm³/mol. The van der Waals surface area contributed by atoms with Crippen molar-refractivity contribution in [3.8, 4) is 0 Å². The van der Waals surface area contributed by atoms with Gasteiger partial charge in [-0.25, -0.2) is 4.79 Å². The van der Waals surface area contributed by atoms with Crippen molar-refractivity contribution in [2.24, 2.45) is 5.41 Å². The van der Waals surface area contributed by atoms with Crippen molar-refractivity contribution < 1.29 is 14.7 Å². The second-order valence-corrected chi connectivity index (χ2v) is 6.05. The maximum absolute atomic E-state index is 12.0. The number of urea groups is 1. The van der Waals surface area contributed by atoms with Crippen molar-refractivity contribution in [3.63, 3.8) is 0 Å². The summed E-state index contributed by atoms with van der Waals surface area (Å²) in [5, 5.41) is 14.6. The van der Waals surface area contributed by atoms with E-state index in [2.05, 4.69) is 10.6 Å². The van der Waals surface area contributed by atoms with E-state index in [1.807, 2.05) is 32.0 Å². The summed E-state index contributed by atoms with van der Waals surface area (Å²) in [6, 6.07) is 5.60. The van der Waals surface area contributed by atoms with E-state index in [-0.39, 0.29) is 17.9 Å². The number of carbonyl (C=O) groups excluding carboxylic acids is 1. The first-order valence-electron chi connectivity index (χ1n) is 7.24. The zero-order valence-corrected chi connectivity index (χ0v) is 12.5. The number of benzene rings is 1. The highest BCUT2D eigenvalue weighted by Gasteiger charge is 2.39. The fourth-order valence-corrected chi connectivity index (χ4v) is 2.72. The van der Waals surface area contributed by atoms with E-state index in [0.717, 1.165) is 36.1 Å². The van der Waals surface area contributed by atoms with E-state index in [1.165, 1.54) is 0 Å². The number of anilines is 1. The van der Waals surface area contributed by atoms with Crippen LogP contribution in [-0.2, 0) is 4.79 Å². The second kappa shape index (κ2) is 6.16. The first-order valence-corrected chi connectivity index (χ1v) is 7.24. The summed E-state index contributed by atoms with van der Waals surface area (Å²) in [7, 11) is 0. The van der Waals surface area contributed by atoms with E-state index in [1.54, 1.807) is 0 Å². The molecule has 2 amide bonds. The summed E-state index contributed by atoms with van der Waals surface area (Å²) in [6.07, 6.45) is 2.89. The molecule has 0 bridgehead atoms. The minimum atomic E-state index is -0.800. The van der Waals surface area contributed by atoms with Crippen molar-refractivity contribution in [1.29, 1.82) is 0 Å². The van der Waals surface area contributed by atoms with Crippen molar-refractivity contribution >= 4 is 17.7 Å². The lowest BCUT2D eigenvalue weighted by Gasteiger charge is -2.40. The van der Waals surface area contributed by atoms with E-state index < -0.39 is 5.97 Å². The number of rotatable bonds is 5. The average molecular weight is 290 g/mol. The van der Waals surface area contributed by atoms with Gasteiger partial charge in [0.05, 0.1) is 6.42 Å². The highest BCUT2D eigenvalue weighted by Crippen LogP contribution is 2.43. The Morgan fingerprint density at radius 3 is 2.57 bits per heavy atom. The van der Waals surface area contributed by atoms with Crippen molar-refractivity contribution in [2.45, 2.75) is 39.5 Å². The Hall–Kier alpha value is -2.04. The number of carbonyl (C=O) groups is 2. The standard InChI is InChI=1S/C16H22N2O3/c1-11-4-5-12(2)13(8-11)18-15(21)17-10-16(6-3-7-16)9-14(19)20/h4-5,8H,3,6-7,9-10H2,1-2H3,(H,19,20)(H2,17,18,21). The maximum Gasteiger partial charge on any atom is 0.319 e. The predicted octanol–water partition coefficient (Wildman–Crippen LogP) is 3.07. The van der Waals surface area contributed by atoms with Gasteiger partial charge < -0.3 is 15.7 Å². The maximum atomic E-state index is 12.0. The van der Waals surface area contributed by atoms with Gasteiger partial charge in [0.25, 0.3) is 0 Å². The monoisotopic (exact) mass is 290 g/mol. The zero-order chi connectivity index (χ0) is 15.5. The molecule has 0 spiro atoms. The van der Waals surface area contributed by atoms with Crippen LogP contribution >= 0.6 is 0 Å². The van der Waals surface area contributed by atoms with Crippen LogP contribution in [0.25, 0.3) is 0 Å². The molecule has 0 atom stereocenters. The molecule has 1 aromatic carbocycles. The van der Waals surface area contributed by atoms with Gasteiger partial charge in [0.2, 0.25) is 0 Å². The normalized spacial score (nSPS) is 15.9. The first kappa shape index (κ1) is 15.4. The molecular weight excluding hydrogens is 268 g/mol. The Bertz CT molecular complexity index is 550. The minimum Gasteiger partial charge on any atom is -0.481 e. The second-order valence-electron chi connectivity index (χ2n) is 6.05. The van der Waals surface area contributed by atoms with E-state index in [0.29, 0.717) is 6.54 Å². The Labute approximate surface area is 124 Å². The first-order chi connectivity index (χ1) is 9.90. The van der Waals surface area contributed by atoms with Crippen LogP contribution in [0, 0.1) is 19.3 Å². The van der Waals surface area contributed by atoms with E-state index in [4.69, 9.17) is 5.11 Å². The quantitative estimate of drug-likeness (QED) is 0.779. The number of carboxylic acid groups (broad SMARTS) is 1. The minimum absolute atomic E-state index is 0.122. The van der Waals surface area contributed by atoms with Crippen LogP contribution in [0.4, 0.5) is 10.5 Å². The van der Waals surface area contributed by atoms with Gasteiger partial charge in [-0.3, -0.25) is 4.79 Å². The molecule has 2 rings (SSSR count). The molecule has 0 saturated heterocycles. The van der Waals surface area contributed by atoms with E-state index in [9.17, 15) is 9.59 Å². The Kier molecular flexibility index (Phi) is 4.50. The largest absolute Gasteiger partial charge is 0.481 e. The Balaban J connectivity index is 1.90. The number of nitrogens with one attached hydrogen (secondary N) is 2. The molecule has 1 aliphatic rings. The molecule has 114 valence electrons. The number of amides is 2. The summed E-state index contributed by atoms with van der Waals surface area (Å²) in [5.41, 5.74) is 2.61. The topological polar surface area (TPSA) is 78.4 Å². The lowest BCUT2D eigenvalue weighted by atomic mass is 9.66. The SMILES string of the molecule is Cc1ccc(C)c(NC(=O)NCC2(CC(=O)O)CCC2)c1. The number of aliphatic carboxylic acids is 1. The van der Waals surface area contributed by atoms with Gasteiger partial charge >= 0.3 is 12.0 Å². The molecule has 5 nitrogen and oxygen atoms in total. The molecule has 1 aromatic rings. The van der Waals surface area contributed by atoms with Crippen LogP contribution < -0.4 is 10.6 Å². The lowest BCUT2D eigenvalue weighted by molar-refractivity contribution is -0.141. The Morgan fingerprint density at radius 1 is 1.29 bits per heavy atom. The number of carboxylic acids is 1. The molecule has 1 fully saturated rings. The fraction of sp³-hybridized carbons (Fsp3) is 0.500. The van der Waals surface area contributed by atoms with Gasteiger partial charge in [-0.2, -0.15) is 0 Å².